The maximum Gasteiger partial charge on any atom is 0.262 e. The SMILES string of the molecule is CCC(C)Oc1ccc(S(=O)(=O)C2SCCCNC2C(=O)NO)cc1. The summed E-state index contributed by atoms with van der Waals surface area (Å²) in [4.78, 5) is 12.0. The summed E-state index contributed by atoms with van der Waals surface area (Å²) in [6.07, 6.45) is 1.64. The number of ether oxygens (including phenoxy) is 1. The third-order valence-corrected chi connectivity index (χ3v) is 8.11. The standard InChI is InChI=1S/C16H24N2O5S2/c1-3-11(2)23-12-5-7-13(8-6-12)25(21,22)16-14(15(19)18-20)17-9-4-10-24-16/h5-8,11,14,16-17,20H,3-4,9-10H2,1-2H3,(H,18,19). The topological polar surface area (TPSA) is 105 Å². The quantitative estimate of drug-likeness (QED) is 0.502. The van der Waals surface area contributed by atoms with Crippen molar-refractivity contribution in [3.63, 3.8) is 0 Å². The van der Waals surface area contributed by atoms with Gasteiger partial charge in [-0.1, -0.05) is 6.92 Å². The third kappa shape index (κ3) is 4.87. The number of amides is 1. The van der Waals surface area contributed by atoms with Crippen LogP contribution in [0.1, 0.15) is 26.7 Å². The summed E-state index contributed by atoms with van der Waals surface area (Å²) in [5.74, 6) is 0.464. The molecule has 1 aliphatic heterocycles. The molecule has 25 heavy (non-hydrogen) atoms. The van der Waals surface area contributed by atoms with Gasteiger partial charge in [0.1, 0.15) is 16.4 Å². The lowest BCUT2D eigenvalue weighted by molar-refractivity contribution is -0.131. The lowest BCUT2D eigenvalue weighted by atomic mass is 10.3. The number of benzene rings is 1. The smallest absolute Gasteiger partial charge is 0.262 e. The molecule has 3 N–H and O–H groups in total. The van der Waals surface area contributed by atoms with Crippen LogP contribution in [0, 0.1) is 0 Å². The first-order chi connectivity index (χ1) is 11.9. The Morgan fingerprint density at radius 3 is 2.72 bits per heavy atom. The fourth-order valence-electron chi connectivity index (χ4n) is 2.43. The Morgan fingerprint density at radius 2 is 2.12 bits per heavy atom. The Kier molecular flexibility index (Phi) is 7.12. The predicted molar refractivity (Wildman–Crippen MR) is 96.6 cm³/mol. The van der Waals surface area contributed by atoms with E-state index in [1.165, 1.54) is 23.9 Å². The van der Waals surface area contributed by atoms with Crippen molar-refractivity contribution >= 4 is 27.5 Å². The van der Waals surface area contributed by atoms with Crippen molar-refractivity contribution < 1.29 is 23.2 Å². The maximum absolute atomic E-state index is 13.0. The first-order valence-electron chi connectivity index (χ1n) is 8.19. The molecule has 1 saturated heterocycles. The van der Waals surface area contributed by atoms with E-state index in [4.69, 9.17) is 9.94 Å². The highest BCUT2D eigenvalue weighted by molar-refractivity contribution is 8.13. The largest absolute Gasteiger partial charge is 0.491 e. The zero-order chi connectivity index (χ0) is 18.4. The summed E-state index contributed by atoms with van der Waals surface area (Å²) in [6, 6.07) is 5.21. The van der Waals surface area contributed by atoms with Crippen LogP contribution in [-0.2, 0) is 14.6 Å². The molecule has 0 saturated carbocycles. The van der Waals surface area contributed by atoms with Crippen molar-refractivity contribution in [1.82, 2.24) is 10.8 Å². The van der Waals surface area contributed by atoms with Crippen LogP contribution in [0.4, 0.5) is 0 Å². The van der Waals surface area contributed by atoms with Crippen LogP contribution in [0.3, 0.4) is 0 Å². The number of thioether (sulfide) groups is 1. The summed E-state index contributed by atoms with van der Waals surface area (Å²) in [5, 5.41) is 11.8. The molecule has 1 heterocycles. The fraction of sp³-hybridized carbons (Fsp3) is 0.562. The van der Waals surface area contributed by atoms with Gasteiger partial charge in [-0.15, -0.1) is 11.8 Å². The predicted octanol–water partition coefficient (Wildman–Crippen LogP) is 1.56. The van der Waals surface area contributed by atoms with Gasteiger partial charge in [0.2, 0.25) is 0 Å². The first-order valence-corrected chi connectivity index (χ1v) is 10.8. The molecule has 0 aromatic heterocycles. The number of sulfone groups is 1. The minimum atomic E-state index is -3.77. The van der Waals surface area contributed by atoms with E-state index in [9.17, 15) is 13.2 Å². The zero-order valence-corrected chi connectivity index (χ0v) is 15.9. The monoisotopic (exact) mass is 388 g/mol. The summed E-state index contributed by atoms with van der Waals surface area (Å²) in [6.45, 7) is 4.46. The van der Waals surface area contributed by atoms with Gasteiger partial charge < -0.3 is 10.1 Å². The van der Waals surface area contributed by atoms with E-state index in [1.54, 1.807) is 17.6 Å². The van der Waals surface area contributed by atoms with Crippen LogP contribution < -0.4 is 15.5 Å². The second-order valence-electron chi connectivity index (χ2n) is 5.85. The molecule has 1 aromatic rings. The van der Waals surface area contributed by atoms with Gasteiger partial charge in [-0.2, -0.15) is 0 Å². The minimum absolute atomic E-state index is 0.0432. The Labute approximate surface area is 152 Å². The molecule has 9 heteroatoms. The molecule has 0 radical (unpaired) electrons. The summed E-state index contributed by atoms with van der Waals surface area (Å²) >= 11 is 1.20. The minimum Gasteiger partial charge on any atom is -0.491 e. The van der Waals surface area contributed by atoms with Gasteiger partial charge in [-0.25, -0.2) is 13.9 Å². The van der Waals surface area contributed by atoms with Crippen molar-refractivity contribution in [2.45, 2.75) is 48.3 Å². The van der Waals surface area contributed by atoms with Crippen molar-refractivity contribution in [3.8, 4) is 5.75 Å². The summed E-state index contributed by atoms with van der Waals surface area (Å²) in [5.41, 5.74) is 1.55. The highest BCUT2D eigenvalue weighted by Crippen LogP contribution is 2.30. The summed E-state index contributed by atoms with van der Waals surface area (Å²) < 4.78 is 30.6. The molecule has 1 amide bonds. The second kappa shape index (κ2) is 8.88. The Bertz CT molecular complexity index is 678. The van der Waals surface area contributed by atoms with E-state index in [1.807, 2.05) is 13.8 Å². The molecule has 1 fully saturated rings. The molecule has 140 valence electrons. The fourth-order valence-corrected chi connectivity index (χ4v) is 6.09. The van der Waals surface area contributed by atoms with E-state index in [0.29, 0.717) is 18.0 Å². The van der Waals surface area contributed by atoms with Gasteiger partial charge in [-0.3, -0.25) is 10.0 Å². The number of carbonyl (C=O) groups excluding carboxylic acids is 1. The number of hydroxylamine groups is 1. The van der Waals surface area contributed by atoms with Crippen LogP contribution in [0.15, 0.2) is 29.2 Å². The number of rotatable bonds is 6. The number of carbonyl (C=O) groups is 1. The number of hydrogen-bond donors (Lipinski definition) is 3. The molecule has 0 spiro atoms. The van der Waals surface area contributed by atoms with E-state index in [-0.39, 0.29) is 11.0 Å². The molecule has 1 aromatic carbocycles. The molecular formula is C16H24N2O5S2. The van der Waals surface area contributed by atoms with E-state index < -0.39 is 26.4 Å². The second-order valence-corrected chi connectivity index (χ2v) is 9.47. The number of nitrogens with one attached hydrogen (secondary N) is 2. The van der Waals surface area contributed by atoms with E-state index in [0.717, 1.165) is 12.8 Å². The van der Waals surface area contributed by atoms with Gasteiger partial charge >= 0.3 is 0 Å². The molecule has 0 aliphatic carbocycles. The Balaban J connectivity index is 2.27. The van der Waals surface area contributed by atoms with E-state index in [2.05, 4.69) is 5.32 Å². The van der Waals surface area contributed by atoms with Gasteiger partial charge in [0.25, 0.3) is 5.91 Å². The van der Waals surface area contributed by atoms with Crippen molar-refractivity contribution in [1.29, 1.82) is 0 Å². The van der Waals surface area contributed by atoms with Gasteiger partial charge in [0, 0.05) is 0 Å². The first kappa shape index (κ1) is 20.0. The molecule has 1 aliphatic rings. The van der Waals surface area contributed by atoms with Gasteiger partial charge in [0.05, 0.1) is 11.0 Å². The van der Waals surface area contributed by atoms with Crippen LogP contribution in [0.5, 0.6) is 5.75 Å². The lowest BCUT2D eigenvalue weighted by Crippen LogP contribution is -2.51. The molecule has 2 rings (SSSR count). The maximum atomic E-state index is 13.0. The van der Waals surface area contributed by atoms with Crippen LogP contribution >= 0.6 is 11.8 Å². The Hall–Kier alpha value is -1.29. The number of hydrogen-bond acceptors (Lipinski definition) is 7. The highest BCUT2D eigenvalue weighted by Gasteiger charge is 2.40. The molecule has 0 bridgehead atoms. The summed E-state index contributed by atoms with van der Waals surface area (Å²) in [7, 11) is -3.77. The average Bonchev–Trinajstić information content (AvgIpc) is 2.88. The van der Waals surface area contributed by atoms with Crippen LogP contribution in [-0.4, -0.2) is 48.6 Å². The highest BCUT2D eigenvalue weighted by atomic mass is 32.3. The molecule has 7 nitrogen and oxygen atoms in total. The normalized spacial score (nSPS) is 22.7. The van der Waals surface area contributed by atoms with Crippen molar-refractivity contribution in [2.24, 2.45) is 0 Å². The van der Waals surface area contributed by atoms with Crippen molar-refractivity contribution in [2.75, 3.05) is 12.3 Å². The van der Waals surface area contributed by atoms with Crippen LogP contribution in [0.2, 0.25) is 0 Å². The van der Waals surface area contributed by atoms with Crippen LogP contribution in [0.25, 0.3) is 0 Å². The average molecular weight is 389 g/mol. The van der Waals surface area contributed by atoms with Gasteiger partial charge in [-0.05, 0) is 56.3 Å². The lowest BCUT2D eigenvalue weighted by Gasteiger charge is -2.23. The molecular weight excluding hydrogens is 364 g/mol. The molecule has 3 atom stereocenters. The zero-order valence-electron chi connectivity index (χ0n) is 14.3. The van der Waals surface area contributed by atoms with Crippen molar-refractivity contribution in [3.05, 3.63) is 24.3 Å². The van der Waals surface area contributed by atoms with E-state index >= 15 is 0 Å². The van der Waals surface area contributed by atoms with Gasteiger partial charge in [0.15, 0.2) is 9.84 Å². The Morgan fingerprint density at radius 1 is 1.44 bits per heavy atom. The molecule has 3 unspecified atom stereocenters. The third-order valence-electron chi connectivity index (χ3n) is 4.00.